The van der Waals surface area contributed by atoms with Crippen molar-refractivity contribution in [3.63, 3.8) is 0 Å². The van der Waals surface area contributed by atoms with Gasteiger partial charge in [-0.1, -0.05) is 12.1 Å². The van der Waals surface area contributed by atoms with Gasteiger partial charge in [-0.05, 0) is 23.8 Å². The largest absolute Gasteiger partial charge is 0.398 e. The van der Waals surface area contributed by atoms with Gasteiger partial charge in [-0.25, -0.2) is 0 Å². The minimum absolute atomic E-state index is 0.0572. The van der Waals surface area contributed by atoms with E-state index < -0.39 is 4.92 Å². The van der Waals surface area contributed by atoms with Gasteiger partial charge in [0.05, 0.1) is 16.6 Å². The van der Waals surface area contributed by atoms with Gasteiger partial charge < -0.3 is 11.1 Å². The number of benzene rings is 2. The summed E-state index contributed by atoms with van der Waals surface area (Å²) in [5.41, 5.74) is 7.95. The molecule has 100 valence electrons. The SMILES string of the molecule is N#Cc1cccc(CNc2cc(N)cc([N+](=O)[O-])c2)c1. The summed E-state index contributed by atoms with van der Waals surface area (Å²) in [6, 6.07) is 13.5. The van der Waals surface area contributed by atoms with Crippen LogP contribution in [-0.2, 0) is 6.54 Å². The first kappa shape index (κ1) is 13.4. The number of nitrogens with one attached hydrogen (secondary N) is 1. The van der Waals surface area contributed by atoms with E-state index in [2.05, 4.69) is 11.4 Å². The van der Waals surface area contributed by atoms with E-state index in [1.165, 1.54) is 12.1 Å². The highest BCUT2D eigenvalue weighted by atomic mass is 16.6. The van der Waals surface area contributed by atoms with Crippen molar-refractivity contribution in [2.45, 2.75) is 6.54 Å². The zero-order valence-corrected chi connectivity index (χ0v) is 10.5. The quantitative estimate of drug-likeness (QED) is 0.504. The van der Waals surface area contributed by atoms with Crippen molar-refractivity contribution in [3.8, 4) is 6.07 Å². The van der Waals surface area contributed by atoms with Crippen LogP contribution in [0.5, 0.6) is 0 Å². The van der Waals surface area contributed by atoms with Crippen molar-refractivity contribution >= 4 is 17.1 Å². The van der Waals surface area contributed by atoms with Gasteiger partial charge in [-0.3, -0.25) is 10.1 Å². The summed E-state index contributed by atoms with van der Waals surface area (Å²) in [6.07, 6.45) is 0. The number of non-ortho nitro benzene ring substituents is 1. The molecule has 0 saturated carbocycles. The number of nitro groups is 1. The zero-order valence-electron chi connectivity index (χ0n) is 10.5. The fourth-order valence-corrected chi connectivity index (χ4v) is 1.80. The Kier molecular flexibility index (Phi) is 3.82. The van der Waals surface area contributed by atoms with E-state index in [0.29, 0.717) is 23.5 Å². The van der Waals surface area contributed by atoms with E-state index in [9.17, 15) is 10.1 Å². The van der Waals surface area contributed by atoms with Crippen molar-refractivity contribution in [2.75, 3.05) is 11.1 Å². The molecule has 0 spiro atoms. The molecular formula is C14H12N4O2. The second-order valence-corrected chi connectivity index (χ2v) is 4.24. The fourth-order valence-electron chi connectivity index (χ4n) is 1.80. The number of nitrogens with two attached hydrogens (primary N) is 1. The first-order valence-electron chi connectivity index (χ1n) is 5.86. The van der Waals surface area contributed by atoms with Crippen LogP contribution in [0.15, 0.2) is 42.5 Å². The number of nitro benzene ring substituents is 1. The normalized spacial score (nSPS) is 9.75. The average molecular weight is 268 g/mol. The van der Waals surface area contributed by atoms with E-state index in [-0.39, 0.29) is 5.69 Å². The van der Waals surface area contributed by atoms with Crippen molar-refractivity contribution < 1.29 is 4.92 Å². The lowest BCUT2D eigenvalue weighted by Crippen LogP contribution is -2.01. The molecule has 0 radical (unpaired) electrons. The van der Waals surface area contributed by atoms with Crippen LogP contribution in [0, 0.1) is 21.4 Å². The van der Waals surface area contributed by atoms with Crippen LogP contribution in [0.2, 0.25) is 0 Å². The molecule has 0 atom stereocenters. The van der Waals surface area contributed by atoms with E-state index in [1.807, 2.05) is 6.07 Å². The summed E-state index contributed by atoms with van der Waals surface area (Å²) in [5.74, 6) is 0. The van der Waals surface area contributed by atoms with Crippen LogP contribution >= 0.6 is 0 Å². The molecule has 2 aromatic rings. The molecule has 0 aliphatic carbocycles. The van der Waals surface area contributed by atoms with Gasteiger partial charge in [0.25, 0.3) is 5.69 Å². The molecule has 2 aromatic carbocycles. The van der Waals surface area contributed by atoms with Crippen LogP contribution in [0.4, 0.5) is 17.1 Å². The molecule has 6 nitrogen and oxygen atoms in total. The standard InChI is InChI=1S/C14H12N4O2/c15-8-10-2-1-3-11(4-10)9-17-13-5-12(16)6-14(7-13)18(19)20/h1-7,17H,9,16H2. The summed E-state index contributed by atoms with van der Waals surface area (Å²) < 4.78 is 0. The molecular weight excluding hydrogens is 256 g/mol. The Balaban J connectivity index is 2.14. The second kappa shape index (κ2) is 5.71. The Morgan fingerprint density at radius 3 is 2.80 bits per heavy atom. The number of nitriles is 1. The molecule has 0 unspecified atom stereocenters. The summed E-state index contributed by atoms with van der Waals surface area (Å²) in [5, 5.41) is 22.6. The number of hydrogen-bond donors (Lipinski definition) is 2. The second-order valence-electron chi connectivity index (χ2n) is 4.24. The third-order valence-electron chi connectivity index (χ3n) is 2.70. The molecule has 6 heteroatoms. The van der Waals surface area contributed by atoms with Crippen LogP contribution in [0.1, 0.15) is 11.1 Å². The molecule has 3 N–H and O–H groups in total. The van der Waals surface area contributed by atoms with Gasteiger partial charge in [-0.15, -0.1) is 0 Å². The van der Waals surface area contributed by atoms with Crippen LogP contribution in [0.3, 0.4) is 0 Å². The molecule has 0 amide bonds. The maximum Gasteiger partial charge on any atom is 0.273 e. The highest BCUT2D eigenvalue weighted by molar-refractivity contribution is 5.61. The highest BCUT2D eigenvalue weighted by Crippen LogP contribution is 2.22. The number of hydrogen-bond acceptors (Lipinski definition) is 5. The van der Waals surface area contributed by atoms with E-state index in [4.69, 9.17) is 11.0 Å². The number of nitrogen functional groups attached to an aromatic ring is 1. The number of nitrogens with zero attached hydrogens (tertiary/aromatic N) is 2. The molecule has 0 bridgehead atoms. The molecule has 0 heterocycles. The molecule has 0 aliphatic heterocycles. The van der Waals surface area contributed by atoms with E-state index >= 15 is 0 Å². The van der Waals surface area contributed by atoms with Gasteiger partial charge in [0.2, 0.25) is 0 Å². The summed E-state index contributed by atoms with van der Waals surface area (Å²) in [4.78, 5) is 10.3. The lowest BCUT2D eigenvalue weighted by Gasteiger charge is -2.07. The molecule has 2 rings (SSSR count). The third kappa shape index (κ3) is 3.23. The molecule has 0 saturated heterocycles. The van der Waals surface area contributed by atoms with E-state index in [1.54, 1.807) is 24.3 Å². The first-order valence-corrected chi connectivity index (χ1v) is 5.86. The summed E-state index contributed by atoms with van der Waals surface area (Å²) in [6.45, 7) is 0.454. The van der Waals surface area contributed by atoms with Gasteiger partial charge in [0.1, 0.15) is 0 Å². The van der Waals surface area contributed by atoms with Gasteiger partial charge >= 0.3 is 0 Å². The molecule has 20 heavy (non-hydrogen) atoms. The Morgan fingerprint density at radius 1 is 1.30 bits per heavy atom. The topological polar surface area (TPSA) is 105 Å². The lowest BCUT2D eigenvalue weighted by atomic mass is 10.1. The van der Waals surface area contributed by atoms with Crippen molar-refractivity contribution in [2.24, 2.45) is 0 Å². The van der Waals surface area contributed by atoms with Gasteiger partial charge in [0.15, 0.2) is 0 Å². The predicted octanol–water partition coefficient (Wildman–Crippen LogP) is 2.66. The Labute approximate surface area is 115 Å². The van der Waals surface area contributed by atoms with Gasteiger partial charge in [-0.2, -0.15) is 5.26 Å². The maximum atomic E-state index is 10.7. The van der Waals surface area contributed by atoms with Crippen molar-refractivity contribution in [3.05, 3.63) is 63.7 Å². The highest BCUT2D eigenvalue weighted by Gasteiger charge is 2.08. The lowest BCUT2D eigenvalue weighted by molar-refractivity contribution is -0.384. The van der Waals surface area contributed by atoms with Crippen LogP contribution in [0.25, 0.3) is 0 Å². The van der Waals surface area contributed by atoms with E-state index in [0.717, 1.165) is 5.56 Å². The maximum absolute atomic E-state index is 10.7. The van der Waals surface area contributed by atoms with Crippen molar-refractivity contribution in [1.82, 2.24) is 0 Å². The molecule has 0 aliphatic rings. The summed E-state index contributed by atoms with van der Waals surface area (Å²) in [7, 11) is 0. The monoisotopic (exact) mass is 268 g/mol. The smallest absolute Gasteiger partial charge is 0.273 e. The predicted molar refractivity (Wildman–Crippen MR) is 76.0 cm³/mol. The zero-order chi connectivity index (χ0) is 14.5. The number of anilines is 2. The number of rotatable bonds is 4. The average Bonchev–Trinajstić information content (AvgIpc) is 2.44. The van der Waals surface area contributed by atoms with Crippen LogP contribution < -0.4 is 11.1 Å². The fraction of sp³-hybridized carbons (Fsp3) is 0.0714. The Bertz CT molecular complexity index is 692. The van der Waals surface area contributed by atoms with Crippen LogP contribution in [-0.4, -0.2) is 4.92 Å². The Hall–Kier alpha value is -3.07. The minimum Gasteiger partial charge on any atom is -0.398 e. The van der Waals surface area contributed by atoms with Crippen molar-refractivity contribution in [1.29, 1.82) is 5.26 Å². The van der Waals surface area contributed by atoms with Gasteiger partial charge in [0, 0.05) is 30.1 Å². The molecule has 0 fully saturated rings. The minimum atomic E-state index is -0.488. The third-order valence-corrected chi connectivity index (χ3v) is 2.70. The first-order chi connectivity index (χ1) is 9.58. The summed E-state index contributed by atoms with van der Waals surface area (Å²) >= 11 is 0. The molecule has 0 aromatic heterocycles. The Morgan fingerprint density at radius 2 is 2.10 bits per heavy atom.